The van der Waals surface area contributed by atoms with Crippen LogP contribution in [0.2, 0.25) is 15.2 Å². The number of fused-ring (bicyclic) bond motifs is 1. The van der Waals surface area contributed by atoms with Crippen molar-refractivity contribution in [1.29, 1.82) is 0 Å². The molecule has 0 atom stereocenters. The number of rotatable bonds is 2. The number of nitrogens with zero attached hydrogens (tertiary/aromatic N) is 1. The van der Waals surface area contributed by atoms with E-state index in [1.807, 2.05) is 0 Å². The van der Waals surface area contributed by atoms with Gasteiger partial charge in [-0.15, -0.1) is 0 Å². The summed E-state index contributed by atoms with van der Waals surface area (Å²) in [6.45, 7) is 0. The number of aromatic nitrogens is 1. The molecule has 2 rings (SSSR count). The molecule has 1 heterocycles. The molecule has 0 saturated heterocycles. The maximum Gasteiger partial charge on any atom is 0.328 e. The lowest BCUT2D eigenvalue weighted by Gasteiger charge is -2.01. The number of aryl methyl sites for hydroxylation is 1. The Bertz CT molecular complexity index is 674. The van der Waals surface area contributed by atoms with Crippen LogP contribution in [0.1, 0.15) is 5.56 Å². The Morgan fingerprint density at radius 2 is 2.00 bits per heavy atom. The predicted octanol–water partition coefficient (Wildman–Crippen LogP) is 4.24. The van der Waals surface area contributed by atoms with Crippen molar-refractivity contribution in [2.75, 3.05) is 0 Å². The van der Waals surface area contributed by atoms with E-state index < -0.39 is 5.97 Å². The highest BCUT2D eigenvalue weighted by molar-refractivity contribution is 6.45. The minimum atomic E-state index is -1.04. The second-order valence-corrected chi connectivity index (χ2v) is 4.84. The molecule has 0 aliphatic carbocycles. The summed E-state index contributed by atoms with van der Waals surface area (Å²) in [7, 11) is 1.74. The first kappa shape index (κ1) is 13.3. The van der Waals surface area contributed by atoms with Crippen LogP contribution in [0, 0.1) is 0 Å². The molecule has 3 nitrogen and oxygen atoms in total. The summed E-state index contributed by atoms with van der Waals surface area (Å²) < 4.78 is 1.67. The van der Waals surface area contributed by atoms with Gasteiger partial charge >= 0.3 is 5.97 Å². The van der Waals surface area contributed by atoms with E-state index in [0.29, 0.717) is 26.3 Å². The quantitative estimate of drug-likeness (QED) is 0.843. The molecule has 18 heavy (non-hydrogen) atoms. The second kappa shape index (κ2) is 4.84. The average Bonchev–Trinajstić information content (AvgIpc) is 2.55. The van der Waals surface area contributed by atoms with Crippen LogP contribution in [-0.4, -0.2) is 15.6 Å². The molecule has 0 amide bonds. The third-order valence-corrected chi connectivity index (χ3v) is 3.86. The molecule has 6 heteroatoms. The summed E-state index contributed by atoms with van der Waals surface area (Å²) in [4.78, 5) is 10.6. The van der Waals surface area contributed by atoms with Crippen LogP contribution in [-0.2, 0) is 11.8 Å². The molecule has 1 aromatic carbocycles. The maximum atomic E-state index is 10.6. The Labute approximate surface area is 118 Å². The summed E-state index contributed by atoms with van der Waals surface area (Å²) in [6, 6.07) is 3.41. The van der Waals surface area contributed by atoms with Gasteiger partial charge in [0.25, 0.3) is 0 Å². The molecule has 1 aromatic heterocycles. The van der Waals surface area contributed by atoms with Crippen molar-refractivity contribution in [3.63, 3.8) is 0 Å². The van der Waals surface area contributed by atoms with Crippen LogP contribution in [0.25, 0.3) is 17.0 Å². The van der Waals surface area contributed by atoms with Crippen molar-refractivity contribution in [2.24, 2.45) is 7.05 Å². The van der Waals surface area contributed by atoms with E-state index in [9.17, 15) is 4.79 Å². The van der Waals surface area contributed by atoms with Gasteiger partial charge in [0.15, 0.2) is 0 Å². The van der Waals surface area contributed by atoms with Crippen LogP contribution < -0.4 is 0 Å². The highest BCUT2D eigenvalue weighted by Gasteiger charge is 2.15. The zero-order valence-electron chi connectivity index (χ0n) is 9.25. The number of carboxylic acid groups (broad SMARTS) is 1. The van der Waals surface area contributed by atoms with Crippen molar-refractivity contribution in [3.8, 4) is 0 Å². The Morgan fingerprint density at radius 3 is 2.61 bits per heavy atom. The Balaban J connectivity index is 2.80. The fourth-order valence-electron chi connectivity index (χ4n) is 1.79. The summed E-state index contributed by atoms with van der Waals surface area (Å²) in [5.41, 5.74) is 1.29. The minimum Gasteiger partial charge on any atom is -0.478 e. The average molecular weight is 305 g/mol. The molecule has 0 fully saturated rings. The SMILES string of the molecule is Cn1c(Cl)c(/C=C/C(=O)O)c2ccc(Cl)c(Cl)c21. The van der Waals surface area contributed by atoms with Crippen LogP contribution in [0.15, 0.2) is 18.2 Å². The van der Waals surface area contributed by atoms with Crippen molar-refractivity contribution in [2.45, 2.75) is 0 Å². The van der Waals surface area contributed by atoms with E-state index in [1.165, 1.54) is 6.08 Å². The van der Waals surface area contributed by atoms with Gasteiger partial charge < -0.3 is 9.67 Å². The second-order valence-electron chi connectivity index (χ2n) is 3.69. The topological polar surface area (TPSA) is 42.2 Å². The minimum absolute atomic E-state index is 0.397. The molecule has 2 aromatic rings. The van der Waals surface area contributed by atoms with Crippen LogP contribution in [0.3, 0.4) is 0 Å². The number of aliphatic carboxylic acids is 1. The molecule has 0 radical (unpaired) electrons. The third-order valence-electron chi connectivity index (χ3n) is 2.60. The molecule has 0 bridgehead atoms. The van der Waals surface area contributed by atoms with E-state index in [4.69, 9.17) is 39.9 Å². The molecular formula is C12H8Cl3NO2. The van der Waals surface area contributed by atoms with E-state index in [0.717, 1.165) is 11.5 Å². The molecule has 94 valence electrons. The molecule has 1 N–H and O–H groups in total. The smallest absolute Gasteiger partial charge is 0.328 e. The highest BCUT2D eigenvalue weighted by atomic mass is 35.5. The fourth-order valence-corrected chi connectivity index (χ4v) is 2.48. The molecular weight excluding hydrogens is 296 g/mol. The van der Waals surface area contributed by atoms with Gasteiger partial charge in [-0.3, -0.25) is 0 Å². The predicted molar refractivity (Wildman–Crippen MR) is 74.6 cm³/mol. The number of carboxylic acids is 1. The zero-order valence-corrected chi connectivity index (χ0v) is 11.5. The lowest BCUT2D eigenvalue weighted by atomic mass is 10.1. The van der Waals surface area contributed by atoms with Crippen LogP contribution in [0.5, 0.6) is 0 Å². The lowest BCUT2D eigenvalue weighted by Crippen LogP contribution is -1.88. The number of benzene rings is 1. The Morgan fingerprint density at radius 1 is 1.33 bits per heavy atom. The standard InChI is InChI=1S/C12H8Cl3NO2/c1-16-11-6(2-4-8(13)10(11)14)7(12(16)15)3-5-9(17)18/h2-5H,1H3,(H,17,18)/b5-3+. The van der Waals surface area contributed by atoms with Gasteiger partial charge in [0, 0.05) is 24.1 Å². The molecule has 0 saturated carbocycles. The van der Waals surface area contributed by atoms with Gasteiger partial charge in [-0.1, -0.05) is 40.9 Å². The number of hydrogen-bond donors (Lipinski definition) is 1. The van der Waals surface area contributed by atoms with Crippen LogP contribution in [0.4, 0.5) is 0 Å². The van der Waals surface area contributed by atoms with Gasteiger partial charge in [-0.05, 0) is 12.1 Å². The third kappa shape index (κ3) is 2.09. The fraction of sp³-hybridized carbons (Fsp3) is 0.0833. The first-order valence-corrected chi connectivity index (χ1v) is 6.09. The largest absolute Gasteiger partial charge is 0.478 e. The van der Waals surface area contributed by atoms with Gasteiger partial charge in [-0.25, -0.2) is 4.79 Å². The summed E-state index contributed by atoms with van der Waals surface area (Å²) >= 11 is 18.2. The van der Waals surface area contributed by atoms with Crippen molar-refractivity contribution < 1.29 is 9.90 Å². The lowest BCUT2D eigenvalue weighted by molar-refractivity contribution is -0.131. The summed E-state index contributed by atoms with van der Waals surface area (Å²) in [5, 5.41) is 10.6. The highest BCUT2D eigenvalue weighted by Crippen LogP contribution is 2.37. The monoisotopic (exact) mass is 303 g/mol. The van der Waals surface area contributed by atoms with Crippen molar-refractivity contribution in [1.82, 2.24) is 4.57 Å². The molecule has 0 aliphatic rings. The van der Waals surface area contributed by atoms with Gasteiger partial charge in [0.1, 0.15) is 5.15 Å². The molecule has 0 spiro atoms. The molecule has 0 aliphatic heterocycles. The number of halogens is 3. The van der Waals surface area contributed by atoms with Gasteiger partial charge in [-0.2, -0.15) is 0 Å². The summed E-state index contributed by atoms with van der Waals surface area (Å²) in [6.07, 6.45) is 2.47. The maximum absolute atomic E-state index is 10.6. The Kier molecular flexibility index (Phi) is 3.57. The Hall–Kier alpha value is -1.16. The summed E-state index contributed by atoms with van der Waals surface area (Å²) in [5.74, 6) is -1.04. The van der Waals surface area contributed by atoms with Crippen molar-refractivity contribution >= 4 is 57.8 Å². The van der Waals surface area contributed by atoms with Crippen molar-refractivity contribution in [3.05, 3.63) is 39.0 Å². The van der Waals surface area contributed by atoms with Gasteiger partial charge in [0.2, 0.25) is 0 Å². The van der Waals surface area contributed by atoms with E-state index in [-0.39, 0.29) is 0 Å². The normalized spacial score (nSPS) is 11.6. The number of carbonyl (C=O) groups is 1. The first-order chi connectivity index (χ1) is 8.43. The number of hydrogen-bond acceptors (Lipinski definition) is 1. The molecule has 0 unspecified atom stereocenters. The first-order valence-electron chi connectivity index (χ1n) is 4.96. The zero-order chi connectivity index (χ0) is 13.4. The van der Waals surface area contributed by atoms with Crippen LogP contribution >= 0.6 is 34.8 Å². The van der Waals surface area contributed by atoms with E-state index >= 15 is 0 Å². The van der Waals surface area contributed by atoms with Gasteiger partial charge in [0.05, 0.1) is 15.6 Å². The van der Waals surface area contributed by atoms with E-state index in [2.05, 4.69) is 0 Å². The van der Waals surface area contributed by atoms with E-state index in [1.54, 1.807) is 23.7 Å².